The van der Waals surface area contributed by atoms with Crippen molar-refractivity contribution in [3.05, 3.63) is 36.0 Å². The van der Waals surface area contributed by atoms with Crippen molar-refractivity contribution in [3.63, 3.8) is 0 Å². The number of benzene rings is 1. The Balaban J connectivity index is 1.49. The molecule has 144 valence electrons. The van der Waals surface area contributed by atoms with Crippen molar-refractivity contribution in [3.8, 4) is 0 Å². The van der Waals surface area contributed by atoms with Gasteiger partial charge < -0.3 is 19.9 Å². The minimum absolute atomic E-state index is 0.0589. The number of nitrogens with one attached hydrogen (secondary N) is 2. The van der Waals surface area contributed by atoms with Crippen LogP contribution in [0.25, 0.3) is 10.9 Å². The molecule has 1 aliphatic heterocycles. The monoisotopic (exact) mass is 394 g/mol. The predicted octanol–water partition coefficient (Wildman–Crippen LogP) is -0.907. The molecule has 11 heteroatoms. The van der Waals surface area contributed by atoms with E-state index in [-0.39, 0.29) is 6.42 Å². The summed E-state index contributed by atoms with van der Waals surface area (Å²) in [5, 5.41) is 20.1. The van der Waals surface area contributed by atoms with Gasteiger partial charge in [0, 0.05) is 29.5 Å². The number of hydrogen-bond donors (Lipinski definition) is 4. The Hall–Kier alpha value is -1.92. The number of ether oxygens (including phenoxy) is 1. The van der Waals surface area contributed by atoms with Gasteiger partial charge in [0.1, 0.15) is 20.1 Å². The normalized spacial score (nSPS) is 25.7. The van der Waals surface area contributed by atoms with Crippen molar-refractivity contribution in [1.82, 2.24) is 9.71 Å². The summed E-state index contributed by atoms with van der Waals surface area (Å²) in [4.78, 5) is 15.0. The van der Waals surface area contributed by atoms with Crippen molar-refractivity contribution >= 4 is 35.0 Å². The maximum atomic E-state index is 11.9. The molecule has 1 aromatic heterocycles. The van der Waals surface area contributed by atoms with Gasteiger partial charge in [-0.2, -0.15) is 8.42 Å². The van der Waals surface area contributed by atoms with Crippen molar-refractivity contribution in [1.29, 1.82) is 0 Å². The summed E-state index contributed by atoms with van der Waals surface area (Å²) in [6.45, 7) is -0.586. The van der Waals surface area contributed by atoms with Gasteiger partial charge in [-0.15, -0.1) is 0 Å². The maximum absolute atomic E-state index is 11.9. The molecule has 27 heavy (non-hydrogen) atoms. The van der Waals surface area contributed by atoms with Gasteiger partial charge in [0.2, 0.25) is 5.91 Å². The van der Waals surface area contributed by atoms with Crippen LogP contribution < -0.4 is 4.72 Å². The number of carbonyl (C=O) groups excluding carboxylic acids is 1. The zero-order valence-electron chi connectivity index (χ0n) is 14.2. The van der Waals surface area contributed by atoms with Crippen LogP contribution in [-0.2, 0) is 30.4 Å². The van der Waals surface area contributed by atoms with Gasteiger partial charge in [0.15, 0.2) is 0 Å². The molecular formula is C16H19BN2O7S. The number of hydrogen-bond acceptors (Lipinski definition) is 7. The summed E-state index contributed by atoms with van der Waals surface area (Å²) in [6, 6.07) is 6.43. The van der Waals surface area contributed by atoms with E-state index in [0.717, 1.165) is 16.5 Å². The maximum Gasteiger partial charge on any atom is 0.362 e. The van der Waals surface area contributed by atoms with Crippen LogP contribution in [-0.4, -0.2) is 68.3 Å². The van der Waals surface area contributed by atoms with Crippen LogP contribution in [0.15, 0.2) is 30.5 Å². The van der Waals surface area contributed by atoms with Gasteiger partial charge in [-0.25, -0.2) is 4.72 Å². The highest BCUT2D eigenvalue weighted by Gasteiger charge is 2.40. The van der Waals surface area contributed by atoms with Crippen molar-refractivity contribution in [2.75, 3.05) is 6.61 Å². The number of H-pyrrole nitrogens is 1. The first-order valence-corrected chi connectivity index (χ1v) is 9.70. The van der Waals surface area contributed by atoms with E-state index in [1.54, 1.807) is 10.9 Å². The second-order valence-electron chi connectivity index (χ2n) is 6.24. The third kappa shape index (κ3) is 4.68. The predicted molar refractivity (Wildman–Crippen MR) is 96.1 cm³/mol. The van der Waals surface area contributed by atoms with Crippen LogP contribution in [0.2, 0.25) is 0 Å². The quantitative estimate of drug-likeness (QED) is 0.446. The Morgan fingerprint density at radius 2 is 2.04 bits per heavy atom. The van der Waals surface area contributed by atoms with E-state index in [9.17, 15) is 23.4 Å². The smallest absolute Gasteiger partial charge is 0.362 e. The number of carbonyl (C=O) groups is 1. The highest BCUT2D eigenvalue weighted by Crippen LogP contribution is 2.20. The lowest BCUT2D eigenvalue weighted by Crippen LogP contribution is -2.38. The summed E-state index contributed by atoms with van der Waals surface area (Å²) in [7, 11) is 1.01. The minimum Gasteiger partial charge on any atom is -0.388 e. The number of aliphatic hydroxyl groups excluding tert-OH is 2. The van der Waals surface area contributed by atoms with Crippen LogP contribution in [0.4, 0.5) is 0 Å². The molecule has 3 rings (SSSR count). The summed E-state index contributed by atoms with van der Waals surface area (Å²) in [6.07, 6.45) is -1.78. The molecule has 4 N–H and O–H groups in total. The number of aryl methyl sites for hydroxylation is 1. The first-order valence-electron chi connectivity index (χ1n) is 8.29. The third-order valence-corrected chi connectivity index (χ3v) is 5.25. The molecule has 1 aliphatic rings. The molecule has 2 radical (unpaired) electrons. The van der Waals surface area contributed by atoms with Crippen molar-refractivity contribution in [2.24, 2.45) is 0 Å². The number of rotatable bonds is 7. The van der Waals surface area contributed by atoms with Crippen LogP contribution >= 0.6 is 0 Å². The third-order valence-electron chi connectivity index (χ3n) is 4.32. The van der Waals surface area contributed by atoms with Crippen LogP contribution in [0, 0.1) is 0 Å². The van der Waals surface area contributed by atoms with Gasteiger partial charge in [-0.05, 0) is 18.1 Å². The zero-order valence-corrected chi connectivity index (χ0v) is 15.1. The van der Waals surface area contributed by atoms with E-state index in [1.165, 1.54) is 0 Å². The van der Waals surface area contributed by atoms with Crippen LogP contribution in [0.3, 0.4) is 0 Å². The highest BCUT2D eigenvalue weighted by molar-refractivity contribution is 7.85. The van der Waals surface area contributed by atoms with Gasteiger partial charge >= 0.3 is 10.3 Å². The van der Waals surface area contributed by atoms with E-state index in [4.69, 9.17) is 12.6 Å². The standard InChI is InChI=1S/C16H19BN2O7S/c17-16-15(22)14(21)12(26-16)8-25-27(23,24)19-13(20)6-5-9-7-18-11-4-2-1-3-10(9)11/h1-4,7,12,14-16,18,21-22H,5-6,8H2,(H,19,20). The highest BCUT2D eigenvalue weighted by atomic mass is 32.2. The number of aliphatic hydroxyl groups is 2. The van der Waals surface area contributed by atoms with Crippen molar-refractivity contribution in [2.45, 2.75) is 37.2 Å². The SMILES string of the molecule is [B]C1OC(COS(=O)(=O)NC(=O)CCc2c[nH]c3ccccc23)C(O)C1O. The lowest BCUT2D eigenvalue weighted by Gasteiger charge is -2.15. The van der Waals surface area contributed by atoms with E-state index in [2.05, 4.69) is 9.17 Å². The Bertz CT molecular complexity index is 916. The molecule has 0 bridgehead atoms. The average molecular weight is 394 g/mol. The molecular weight excluding hydrogens is 375 g/mol. The van der Waals surface area contributed by atoms with E-state index in [0.29, 0.717) is 6.42 Å². The molecule has 4 atom stereocenters. The summed E-state index contributed by atoms with van der Waals surface area (Å²) in [5.41, 5.74) is 1.82. The van der Waals surface area contributed by atoms with Crippen molar-refractivity contribution < 1.29 is 32.3 Å². The van der Waals surface area contributed by atoms with E-state index < -0.39 is 47.1 Å². The lowest BCUT2D eigenvalue weighted by atomic mass is 9.93. The molecule has 2 aromatic rings. The summed E-state index contributed by atoms with van der Waals surface area (Å²) < 4.78 is 35.1. The van der Waals surface area contributed by atoms with Gasteiger partial charge in [-0.1, -0.05) is 18.2 Å². The van der Waals surface area contributed by atoms with Crippen LogP contribution in [0.1, 0.15) is 12.0 Å². The molecule has 0 spiro atoms. The molecule has 1 saturated heterocycles. The minimum atomic E-state index is -4.38. The topological polar surface area (TPSA) is 138 Å². The molecule has 4 unspecified atom stereocenters. The molecule has 1 amide bonds. The Morgan fingerprint density at radius 1 is 1.30 bits per heavy atom. The summed E-state index contributed by atoms with van der Waals surface area (Å²) in [5.74, 6) is -0.732. The van der Waals surface area contributed by atoms with Gasteiger partial charge in [0.05, 0.1) is 12.7 Å². The molecule has 9 nitrogen and oxygen atoms in total. The first kappa shape index (κ1) is 19.8. The molecule has 0 aliphatic carbocycles. The Labute approximate surface area is 157 Å². The lowest BCUT2D eigenvalue weighted by molar-refractivity contribution is -0.119. The number of aromatic amines is 1. The number of amides is 1. The molecule has 2 heterocycles. The molecule has 1 aromatic carbocycles. The Kier molecular flexibility index (Phi) is 5.87. The Morgan fingerprint density at radius 3 is 2.74 bits per heavy atom. The van der Waals surface area contributed by atoms with Gasteiger partial charge in [0.25, 0.3) is 0 Å². The zero-order chi connectivity index (χ0) is 19.6. The number of fused-ring (bicyclic) bond motifs is 1. The first-order chi connectivity index (χ1) is 12.8. The van der Waals surface area contributed by atoms with E-state index in [1.807, 2.05) is 24.3 Å². The second-order valence-corrected chi connectivity index (χ2v) is 7.59. The number of para-hydroxylation sites is 1. The fourth-order valence-corrected chi connectivity index (χ4v) is 3.63. The molecule has 0 saturated carbocycles. The van der Waals surface area contributed by atoms with Crippen LogP contribution in [0.5, 0.6) is 0 Å². The fraction of sp³-hybridized carbons (Fsp3) is 0.438. The largest absolute Gasteiger partial charge is 0.388 e. The molecule has 1 fully saturated rings. The summed E-state index contributed by atoms with van der Waals surface area (Å²) >= 11 is 0. The van der Waals surface area contributed by atoms with E-state index >= 15 is 0 Å². The number of aromatic nitrogens is 1. The average Bonchev–Trinajstić information content (AvgIpc) is 3.14. The second kappa shape index (κ2) is 7.99. The van der Waals surface area contributed by atoms with Gasteiger partial charge in [-0.3, -0.25) is 8.98 Å². The fourth-order valence-electron chi connectivity index (χ4n) is 2.88.